The van der Waals surface area contributed by atoms with Gasteiger partial charge in [0.05, 0.1) is 0 Å². The Hall–Kier alpha value is -2.24. The molecule has 0 saturated carbocycles. The molecule has 1 heterocycles. The van der Waals surface area contributed by atoms with Gasteiger partial charge in [-0.2, -0.15) is 0 Å². The first-order chi connectivity index (χ1) is 11.1. The average molecular weight is 318 g/mol. The Morgan fingerprint density at radius 1 is 1.13 bits per heavy atom. The Labute approximate surface area is 137 Å². The first-order valence-corrected chi connectivity index (χ1v) is 8.08. The second kappa shape index (κ2) is 8.41. The van der Waals surface area contributed by atoms with E-state index in [4.69, 9.17) is 0 Å². The lowest BCUT2D eigenvalue weighted by molar-refractivity contribution is 0.147. The van der Waals surface area contributed by atoms with E-state index in [0.29, 0.717) is 19.0 Å². The summed E-state index contributed by atoms with van der Waals surface area (Å²) >= 11 is 0. The van der Waals surface area contributed by atoms with Gasteiger partial charge in [0.2, 0.25) is 0 Å². The quantitative estimate of drug-likeness (QED) is 0.890. The van der Waals surface area contributed by atoms with Crippen LogP contribution in [0.15, 0.2) is 30.3 Å². The number of nitrogens with zero attached hydrogens (tertiary/aromatic N) is 2. The van der Waals surface area contributed by atoms with E-state index in [0.717, 1.165) is 31.5 Å². The molecule has 2 N–H and O–H groups in total. The molecule has 126 valence electrons. The summed E-state index contributed by atoms with van der Waals surface area (Å²) in [6, 6.07) is 9.76. The highest BCUT2D eigenvalue weighted by Crippen LogP contribution is 2.17. The van der Waals surface area contributed by atoms with Crippen molar-refractivity contribution in [3.8, 4) is 0 Å². The van der Waals surface area contributed by atoms with Crippen LogP contribution in [0.25, 0.3) is 0 Å². The molecule has 1 aromatic rings. The van der Waals surface area contributed by atoms with Crippen LogP contribution in [-0.2, 0) is 6.54 Å². The Morgan fingerprint density at radius 2 is 1.78 bits per heavy atom. The smallest absolute Gasteiger partial charge is 0.319 e. The van der Waals surface area contributed by atoms with Crippen molar-refractivity contribution in [1.82, 2.24) is 20.4 Å². The molecule has 6 heteroatoms. The zero-order chi connectivity index (χ0) is 16.7. The first-order valence-electron chi connectivity index (χ1n) is 8.08. The zero-order valence-electron chi connectivity index (χ0n) is 13.9. The van der Waals surface area contributed by atoms with Crippen molar-refractivity contribution in [2.75, 3.05) is 33.7 Å². The van der Waals surface area contributed by atoms with Crippen LogP contribution in [0, 0.1) is 5.92 Å². The summed E-state index contributed by atoms with van der Waals surface area (Å²) in [7, 11) is 3.54. The normalized spacial score (nSPS) is 15.1. The molecule has 23 heavy (non-hydrogen) atoms. The van der Waals surface area contributed by atoms with Gasteiger partial charge in [0.15, 0.2) is 0 Å². The van der Waals surface area contributed by atoms with Gasteiger partial charge in [-0.3, -0.25) is 0 Å². The Balaban J connectivity index is 1.63. The summed E-state index contributed by atoms with van der Waals surface area (Å²) in [6.07, 6.45) is 1.86. The molecule has 0 aromatic heterocycles. The fourth-order valence-electron chi connectivity index (χ4n) is 2.69. The molecule has 4 amide bonds. The largest absolute Gasteiger partial charge is 0.338 e. The molecular formula is C17H26N4O2. The van der Waals surface area contributed by atoms with Gasteiger partial charge in [-0.25, -0.2) is 9.59 Å². The molecule has 1 aliphatic heterocycles. The molecule has 1 fully saturated rings. The van der Waals surface area contributed by atoms with Crippen molar-refractivity contribution in [2.45, 2.75) is 19.4 Å². The predicted octanol–water partition coefficient (Wildman–Crippen LogP) is 1.88. The SMILES string of the molecule is CN(C)C(=O)N1CCC(CNC(=O)NCc2ccccc2)CC1. The van der Waals surface area contributed by atoms with Crippen molar-refractivity contribution in [3.63, 3.8) is 0 Å². The number of amides is 4. The topological polar surface area (TPSA) is 64.7 Å². The Kier molecular flexibility index (Phi) is 6.26. The number of piperidine rings is 1. The van der Waals surface area contributed by atoms with Crippen LogP contribution >= 0.6 is 0 Å². The molecule has 0 aliphatic carbocycles. The van der Waals surface area contributed by atoms with Crippen molar-refractivity contribution in [3.05, 3.63) is 35.9 Å². The number of benzene rings is 1. The number of rotatable bonds is 4. The number of carbonyl (C=O) groups is 2. The van der Waals surface area contributed by atoms with E-state index in [2.05, 4.69) is 10.6 Å². The highest BCUT2D eigenvalue weighted by molar-refractivity contribution is 5.74. The van der Waals surface area contributed by atoms with Crippen molar-refractivity contribution in [1.29, 1.82) is 0 Å². The minimum atomic E-state index is -0.138. The first kappa shape index (κ1) is 17.1. The van der Waals surface area contributed by atoms with Gasteiger partial charge in [-0.1, -0.05) is 30.3 Å². The molecule has 0 radical (unpaired) electrons. The van der Waals surface area contributed by atoms with Crippen LogP contribution in [-0.4, -0.2) is 55.6 Å². The van der Waals surface area contributed by atoms with E-state index in [-0.39, 0.29) is 12.1 Å². The third kappa shape index (κ3) is 5.47. The molecule has 0 bridgehead atoms. The summed E-state index contributed by atoms with van der Waals surface area (Å²) in [6.45, 7) is 2.71. The molecule has 0 spiro atoms. The minimum Gasteiger partial charge on any atom is -0.338 e. The van der Waals surface area contributed by atoms with Crippen LogP contribution in [0.1, 0.15) is 18.4 Å². The van der Waals surface area contributed by atoms with Crippen LogP contribution in [0.2, 0.25) is 0 Å². The fraction of sp³-hybridized carbons (Fsp3) is 0.529. The van der Waals surface area contributed by atoms with Gasteiger partial charge in [0.25, 0.3) is 0 Å². The minimum absolute atomic E-state index is 0.0667. The van der Waals surface area contributed by atoms with Crippen LogP contribution in [0.5, 0.6) is 0 Å². The number of hydrogen-bond donors (Lipinski definition) is 2. The lowest BCUT2D eigenvalue weighted by Gasteiger charge is -2.33. The van der Waals surface area contributed by atoms with Crippen LogP contribution < -0.4 is 10.6 Å². The molecule has 1 aliphatic rings. The maximum Gasteiger partial charge on any atom is 0.319 e. The van der Waals surface area contributed by atoms with E-state index in [1.807, 2.05) is 35.2 Å². The van der Waals surface area contributed by atoms with E-state index in [1.165, 1.54) is 0 Å². The number of carbonyl (C=O) groups excluding carboxylic acids is 2. The monoisotopic (exact) mass is 318 g/mol. The maximum atomic E-state index is 11.9. The average Bonchev–Trinajstić information content (AvgIpc) is 2.58. The zero-order valence-corrected chi connectivity index (χ0v) is 13.9. The van der Waals surface area contributed by atoms with Gasteiger partial charge in [-0.05, 0) is 24.3 Å². The molecule has 6 nitrogen and oxygen atoms in total. The Bertz CT molecular complexity index is 511. The highest BCUT2D eigenvalue weighted by Gasteiger charge is 2.23. The summed E-state index contributed by atoms with van der Waals surface area (Å²) in [5, 5.41) is 5.78. The Morgan fingerprint density at radius 3 is 2.39 bits per heavy atom. The van der Waals surface area contributed by atoms with Gasteiger partial charge in [0, 0.05) is 40.3 Å². The van der Waals surface area contributed by atoms with Crippen molar-refractivity contribution < 1.29 is 9.59 Å². The molecular weight excluding hydrogens is 292 g/mol. The summed E-state index contributed by atoms with van der Waals surface area (Å²) in [4.78, 5) is 27.2. The number of hydrogen-bond acceptors (Lipinski definition) is 2. The van der Waals surface area contributed by atoms with Crippen molar-refractivity contribution in [2.24, 2.45) is 5.92 Å². The highest BCUT2D eigenvalue weighted by atomic mass is 16.2. The van der Waals surface area contributed by atoms with Gasteiger partial charge >= 0.3 is 12.1 Å². The van der Waals surface area contributed by atoms with Crippen LogP contribution in [0.4, 0.5) is 9.59 Å². The summed E-state index contributed by atoms with van der Waals surface area (Å²) < 4.78 is 0. The number of urea groups is 2. The third-order valence-electron chi connectivity index (χ3n) is 4.11. The molecule has 0 atom stereocenters. The van der Waals surface area contributed by atoms with Crippen LogP contribution in [0.3, 0.4) is 0 Å². The molecule has 2 rings (SSSR count). The maximum absolute atomic E-state index is 11.9. The molecule has 1 aromatic carbocycles. The van der Waals surface area contributed by atoms with E-state index in [1.54, 1.807) is 19.0 Å². The van der Waals surface area contributed by atoms with E-state index >= 15 is 0 Å². The lowest BCUT2D eigenvalue weighted by Crippen LogP contribution is -2.46. The molecule has 0 unspecified atom stereocenters. The van der Waals surface area contributed by atoms with Crippen molar-refractivity contribution >= 4 is 12.1 Å². The lowest BCUT2D eigenvalue weighted by atomic mass is 9.97. The van der Waals surface area contributed by atoms with Gasteiger partial charge < -0.3 is 20.4 Å². The van der Waals surface area contributed by atoms with Gasteiger partial charge in [0.1, 0.15) is 0 Å². The second-order valence-electron chi connectivity index (χ2n) is 6.16. The number of likely N-dealkylation sites (tertiary alicyclic amines) is 1. The fourth-order valence-corrected chi connectivity index (χ4v) is 2.69. The van der Waals surface area contributed by atoms with E-state index in [9.17, 15) is 9.59 Å². The molecule has 1 saturated heterocycles. The summed E-state index contributed by atoms with van der Waals surface area (Å²) in [5.41, 5.74) is 1.08. The standard InChI is InChI=1S/C17H26N4O2/c1-20(2)17(23)21-10-8-15(9-11-21)13-19-16(22)18-12-14-6-4-3-5-7-14/h3-7,15H,8-13H2,1-2H3,(H2,18,19,22). The predicted molar refractivity (Wildman–Crippen MR) is 90.1 cm³/mol. The summed E-state index contributed by atoms with van der Waals surface area (Å²) in [5.74, 6) is 0.434. The van der Waals surface area contributed by atoms with E-state index < -0.39 is 0 Å². The van der Waals surface area contributed by atoms with Gasteiger partial charge in [-0.15, -0.1) is 0 Å². The second-order valence-corrected chi connectivity index (χ2v) is 6.16. The third-order valence-corrected chi connectivity index (χ3v) is 4.11. The number of nitrogens with one attached hydrogen (secondary N) is 2.